The van der Waals surface area contributed by atoms with E-state index in [2.05, 4.69) is 36.2 Å². The third-order valence-electron chi connectivity index (χ3n) is 12.4. The summed E-state index contributed by atoms with van der Waals surface area (Å²) >= 11 is 12.8. The topological polar surface area (TPSA) is 286 Å². The van der Waals surface area contributed by atoms with Crippen molar-refractivity contribution < 1.29 is 47.8 Å². The van der Waals surface area contributed by atoms with Crippen LogP contribution in [0, 0.1) is 0 Å². The van der Waals surface area contributed by atoms with E-state index in [4.69, 9.17) is 42.4 Å². The highest BCUT2D eigenvalue weighted by Crippen LogP contribution is 2.44. The van der Waals surface area contributed by atoms with E-state index < -0.39 is 59.0 Å². The number of ether oxygens (including phenoxy) is 3. The number of pyridine rings is 1. The van der Waals surface area contributed by atoms with Crippen molar-refractivity contribution in [3.8, 4) is 29.0 Å². The van der Waals surface area contributed by atoms with Crippen LogP contribution in [0.2, 0.25) is 10.0 Å². The lowest BCUT2D eigenvalue weighted by Crippen LogP contribution is -2.54. The first-order valence-electron chi connectivity index (χ1n) is 23.1. The zero-order valence-corrected chi connectivity index (χ0v) is 41.3. The number of halogens is 2. The molecule has 0 spiro atoms. The minimum atomic E-state index is -1.11. The molecule has 0 radical (unpaired) electrons. The van der Waals surface area contributed by atoms with Crippen LogP contribution in [0.4, 0.5) is 5.69 Å². The molecule has 1 saturated heterocycles. The molecule has 0 aliphatic carbocycles. The van der Waals surface area contributed by atoms with E-state index in [-0.39, 0.29) is 96.5 Å². The number of carbonyl (C=O) groups excluding carboxylic acids is 7. The van der Waals surface area contributed by atoms with E-state index >= 15 is 0 Å². The first-order valence-corrected chi connectivity index (χ1v) is 23.9. The Labute approximate surface area is 429 Å². The number of amides is 7. The lowest BCUT2D eigenvalue weighted by atomic mass is 10.0. The number of hydrogen-bond donors (Lipinski definition) is 3. The third-order valence-corrected chi connectivity index (χ3v) is 12.9. The van der Waals surface area contributed by atoms with E-state index in [1.54, 1.807) is 31.3 Å². The third kappa shape index (κ3) is 10.00. The summed E-state index contributed by atoms with van der Waals surface area (Å²) < 4.78 is 21.1. The van der Waals surface area contributed by atoms with E-state index in [0.717, 1.165) is 4.90 Å². The van der Waals surface area contributed by atoms with Gasteiger partial charge in [-0.2, -0.15) is 4.98 Å². The first kappa shape index (κ1) is 50.4. The summed E-state index contributed by atoms with van der Waals surface area (Å²) in [6.45, 7) is 0.682. The van der Waals surface area contributed by atoms with Crippen molar-refractivity contribution >= 4 is 70.2 Å². The lowest BCUT2D eigenvalue weighted by molar-refractivity contribution is -0.136. The zero-order valence-electron chi connectivity index (χ0n) is 39.8. The second-order valence-electron chi connectivity index (χ2n) is 17.2. The number of hydrogen-bond acceptors (Lipinski definition) is 16. The van der Waals surface area contributed by atoms with Gasteiger partial charge in [0.15, 0.2) is 18.0 Å². The molecule has 0 saturated carbocycles. The largest absolute Gasteiger partial charge is 0.484 e. The molecule has 2 aromatic carbocycles. The fourth-order valence-corrected chi connectivity index (χ4v) is 9.26. The maximum Gasteiger partial charge on any atom is 0.319 e. The quantitative estimate of drug-likeness (QED) is 0.0777. The molecule has 74 heavy (non-hydrogen) atoms. The van der Waals surface area contributed by atoms with Crippen molar-refractivity contribution in [3.05, 3.63) is 121 Å². The number of imide groups is 2. The molecule has 4 aromatic heterocycles. The highest BCUT2D eigenvalue weighted by Gasteiger charge is 2.47. The van der Waals surface area contributed by atoms with Crippen LogP contribution in [0.1, 0.15) is 91.1 Å². The molecule has 3 N–H and O–H groups in total. The molecule has 9 rings (SSSR count). The molecule has 1 unspecified atom stereocenters. The number of rotatable bonds is 19. The van der Waals surface area contributed by atoms with Gasteiger partial charge >= 0.3 is 6.01 Å². The molecular weight excluding hydrogens is 1010 g/mol. The molecule has 6 aromatic rings. The Hall–Kier alpha value is -8.51. The summed E-state index contributed by atoms with van der Waals surface area (Å²) in [6, 6.07) is 10.6. The van der Waals surface area contributed by atoms with Crippen LogP contribution in [-0.4, -0.2) is 125 Å². The molecule has 382 valence electrons. The van der Waals surface area contributed by atoms with Gasteiger partial charge in [0.2, 0.25) is 17.7 Å². The molecule has 2 atom stereocenters. The van der Waals surface area contributed by atoms with Gasteiger partial charge < -0.3 is 34.0 Å². The number of nitrogens with zero attached hydrogens (tertiary/aromatic N) is 10. The number of fused-ring (bicyclic) bond motifs is 2. The SMILES string of the molecule is COc1ncc(-c2nc3c(n2CCCn2cc(C(=O)NCCCCNC(=O)COc4ccc5c(c4)C(=O)N(C4CCC(=O)NC4=O)C5=O)nn2)[C@H](c2ccc(Cl)cc2)N(c2cc(Cl)cn(C)c2=O)C3=O)c(OC)n1. The van der Waals surface area contributed by atoms with Crippen LogP contribution in [0.15, 0.2) is 71.9 Å². The summed E-state index contributed by atoms with van der Waals surface area (Å²) in [5.41, 5.74) is 1.31. The Bertz CT molecular complexity index is 3320. The van der Waals surface area contributed by atoms with Gasteiger partial charge in [-0.3, -0.25) is 58.2 Å². The van der Waals surface area contributed by atoms with Crippen molar-refractivity contribution in [1.82, 2.24) is 59.9 Å². The molecule has 24 nitrogen and oxygen atoms in total. The maximum absolute atomic E-state index is 14.6. The minimum absolute atomic E-state index is 0.00362. The molecule has 0 bridgehead atoms. The van der Waals surface area contributed by atoms with Gasteiger partial charge in [-0.15, -0.1) is 5.10 Å². The number of carbonyl (C=O) groups is 7. The van der Waals surface area contributed by atoms with Gasteiger partial charge in [0.1, 0.15) is 29.3 Å². The predicted octanol–water partition coefficient (Wildman–Crippen LogP) is 2.90. The van der Waals surface area contributed by atoms with Crippen molar-refractivity contribution in [1.29, 1.82) is 0 Å². The molecule has 7 heterocycles. The van der Waals surface area contributed by atoms with Crippen LogP contribution in [0.3, 0.4) is 0 Å². The van der Waals surface area contributed by atoms with Gasteiger partial charge in [0.25, 0.3) is 35.1 Å². The fraction of sp³-hybridized carbons (Fsp3) is 0.312. The Morgan fingerprint density at radius 1 is 0.811 bits per heavy atom. The van der Waals surface area contributed by atoms with Crippen LogP contribution in [0.25, 0.3) is 11.4 Å². The fourth-order valence-electron chi connectivity index (χ4n) is 8.88. The highest BCUT2D eigenvalue weighted by molar-refractivity contribution is 6.31. The van der Waals surface area contributed by atoms with E-state index in [0.29, 0.717) is 46.9 Å². The normalized spacial score (nSPS) is 16.0. The number of benzene rings is 2. The first-order chi connectivity index (χ1) is 35.6. The molecule has 3 aliphatic heterocycles. The molecule has 1 fully saturated rings. The van der Waals surface area contributed by atoms with Crippen molar-refractivity contribution in [2.45, 2.75) is 57.3 Å². The number of nitrogens with one attached hydrogen (secondary N) is 3. The summed E-state index contributed by atoms with van der Waals surface area (Å²) in [6.07, 6.45) is 5.87. The number of methoxy groups -OCH3 is 2. The van der Waals surface area contributed by atoms with Crippen molar-refractivity contribution in [2.75, 3.05) is 38.8 Å². The summed E-state index contributed by atoms with van der Waals surface area (Å²) in [5.74, 6) is -3.38. The van der Waals surface area contributed by atoms with Crippen molar-refractivity contribution in [3.63, 3.8) is 0 Å². The summed E-state index contributed by atoms with van der Waals surface area (Å²) in [5, 5.41) is 16.6. The number of unbranched alkanes of at least 4 members (excludes halogenated alkanes) is 1. The van der Waals surface area contributed by atoms with Crippen molar-refractivity contribution in [2.24, 2.45) is 7.05 Å². The summed E-state index contributed by atoms with van der Waals surface area (Å²) in [4.78, 5) is 120. The molecule has 26 heteroatoms. The average Bonchev–Trinajstić information content (AvgIpc) is 4.16. The Morgan fingerprint density at radius 3 is 2.31 bits per heavy atom. The number of piperidine rings is 1. The van der Waals surface area contributed by atoms with Crippen LogP contribution in [-0.2, 0) is 34.5 Å². The number of aryl methyl sites for hydroxylation is 2. The van der Waals surface area contributed by atoms with Gasteiger partial charge in [-0.1, -0.05) is 40.5 Å². The van der Waals surface area contributed by atoms with Crippen LogP contribution >= 0.6 is 23.2 Å². The Morgan fingerprint density at radius 2 is 1.57 bits per heavy atom. The highest BCUT2D eigenvalue weighted by atomic mass is 35.5. The van der Waals surface area contributed by atoms with Gasteiger partial charge in [0, 0.05) is 57.1 Å². The zero-order chi connectivity index (χ0) is 52.4. The number of anilines is 1. The Balaban J connectivity index is 0.802. The second kappa shape index (κ2) is 21.3. The molecule has 7 amide bonds. The number of aromatic nitrogens is 8. The van der Waals surface area contributed by atoms with E-state index in [1.807, 2.05) is 4.57 Å². The van der Waals surface area contributed by atoms with E-state index in [9.17, 15) is 38.4 Å². The average molecular weight is 1050 g/mol. The van der Waals surface area contributed by atoms with Gasteiger partial charge in [0.05, 0.1) is 47.8 Å². The monoisotopic (exact) mass is 1050 g/mol. The predicted molar refractivity (Wildman–Crippen MR) is 261 cm³/mol. The van der Waals surface area contributed by atoms with Crippen LogP contribution < -0.4 is 40.6 Å². The van der Waals surface area contributed by atoms with E-state index in [1.165, 1.54) is 71.2 Å². The second-order valence-corrected chi connectivity index (χ2v) is 18.0. The standard InChI is InChI=1S/C48H45Cl2N13O11/c1-59-22-27(50)19-34(46(59)70)62-38(25-7-9-26(49)10-8-25)39-37(47(62)71)55-40(31-21-53-48(73-3)56-43(31)72-2)61(39)18-6-17-60-23-32(57-58-60)41(66)52-16-5-4-15-51-36(65)24-74-28-11-12-29-30(20-28)45(69)63(44(29)68)33-13-14-35(64)54-42(33)67/h7-12,19-23,33,38H,4-6,13-18,24H2,1-3H3,(H,51,65)(H,52,66)(H,54,64,67)/t33?,38-/m0/s1. The summed E-state index contributed by atoms with van der Waals surface area (Å²) in [7, 11) is 4.39. The molecule has 3 aliphatic rings. The smallest absolute Gasteiger partial charge is 0.319 e. The lowest BCUT2D eigenvalue weighted by Gasteiger charge is -2.27. The van der Waals surface area contributed by atoms with Gasteiger partial charge in [-0.05, 0) is 67.6 Å². The Kier molecular flexibility index (Phi) is 14.5. The maximum atomic E-state index is 14.6. The van der Waals surface area contributed by atoms with Crippen LogP contribution in [0.5, 0.6) is 17.6 Å². The number of imidazole rings is 1. The molecular formula is C48H45Cl2N13O11. The van der Waals surface area contributed by atoms with Gasteiger partial charge in [-0.25, -0.2) is 9.97 Å². The minimum Gasteiger partial charge on any atom is -0.484 e.